The van der Waals surface area contributed by atoms with Gasteiger partial charge in [0, 0.05) is 0 Å². The summed E-state index contributed by atoms with van der Waals surface area (Å²) in [6.07, 6.45) is 0. The van der Waals surface area contributed by atoms with E-state index in [0.29, 0.717) is 10.2 Å². The third kappa shape index (κ3) is 1.93. The molecule has 0 unspecified atom stereocenters. The Hall–Kier alpha value is -1.58. The molecule has 0 aliphatic carbocycles. The molecule has 0 saturated carbocycles. The molecule has 0 spiro atoms. The topological polar surface area (TPSA) is 65.7 Å². The van der Waals surface area contributed by atoms with Crippen LogP contribution in [-0.4, -0.2) is 26.0 Å². The number of H-pyrrole nitrogens is 2. The molecule has 0 fully saturated rings. The van der Waals surface area contributed by atoms with Gasteiger partial charge in [0.2, 0.25) is 0 Å². The summed E-state index contributed by atoms with van der Waals surface area (Å²) in [6.45, 7) is 0. The molecule has 2 aromatic rings. The van der Waals surface area contributed by atoms with Gasteiger partial charge < -0.3 is 0 Å². The molecule has 0 atom stereocenters. The molecule has 0 saturated heterocycles. The van der Waals surface area contributed by atoms with Crippen molar-refractivity contribution in [1.82, 2.24) is 9.97 Å². The van der Waals surface area contributed by atoms with Crippen LogP contribution in [0.4, 0.5) is 0 Å². The van der Waals surface area contributed by atoms with Gasteiger partial charge in [-0.3, -0.25) is 0 Å². The second kappa shape index (κ2) is 3.88. The molecule has 1 aromatic heterocycles. The zero-order valence-corrected chi connectivity index (χ0v) is 9.53. The normalized spacial score (nSPS) is 10.2. The van der Waals surface area contributed by atoms with Crippen molar-refractivity contribution in [3.63, 3.8) is 0 Å². The molecule has 0 bridgehead atoms. The molecule has 1 heterocycles. The van der Waals surface area contributed by atoms with Gasteiger partial charge in [-0.15, -0.1) is 0 Å². The van der Waals surface area contributed by atoms with Crippen LogP contribution in [0.5, 0.6) is 0 Å². The Morgan fingerprint density at radius 2 is 1.67 bits per heavy atom. The monoisotopic (exact) mass is 268 g/mol. The van der Waals surface area contributed by atoms with Crippen molar-refractivity contribution in [2.24, 2.45) is 0 Å². The van der Waals surface area contributed by atoms with E-state index in [4.69, 9.17) is 0 Å². The van der Waals surface area contributed by atoms with Gasteiger partial charge in [0.1, 0.15) is 0 Å². The van der Waals surface area contributed by atoms with E-state index in [9.17, 15) is 9.59 Å². The molecule has 4 nitrogen and oxygen atoms in total. The van der Waals surface area contributed by atoms with Gasteiger partial charge in [0.15, 0.2) is 0 Å². The maximum atomic E-state index is 11.6. The van der Waals surface area contributed by atoms with Crippen LogP contribution in [0.2, 0.25) is 0 Å². The zero-order valence-electron chi connectivity index (χ0n) is 7.65. The van der Waals surface area contributed by atoms with E-state index in [2.05, 4.69) is 26.0 Å². The van der Waals surface area contributed by atoms with Gasteiger partial charge in [-0.05, 0) is 0 Å². The standard InChI is InChI=1S/C10H8N2O2Se/c13-8-7(6-4-2-1-3-5-6)9(15)12-10(14)11-8/h1-5H,(H3,11,12,13,14,15). The van der Waals surface area contributed by atoms with Crippen LogP contribution in [0.15, 0.2) is 39.9 Å². The number of aromatic nitrogens is 2. The van der Waals surface area contributed by atoms with Gasteiger partial charge in [0.05, 0.1) is 0 Å². The second-order valence-electron chi connectivity index (χ2n) is 3.00. The first-order chi connectivity index (χ1) is 7.18. The SMILES string of the molecule is O=c1[nH]c([SeH])c(-c2ccccc2)c(=O)[nH]1. The summed E-state index contributed by atoms with van der Waals surface area (Å²) in [7, 11) is 0. The summed E-state index contributed by atoms with van der Waals surface area (Å²) >= 11 is 2.19. The quantitative estimate of drug-likeness (QED) is 0.668. The molecule has 5 heteroatoms. The van der Waals surface area contributed by atoms with E-state index in [1.165, 1.54) is 0 Å². The molecule has 0 aliphatic rings. The van der Waals surface area contributed by atoms with E-state index < -0.39 is 5.69 Å². The summed E-state index contributed by atoms with van der Waals surface area (Å²) in [4.78, 5) is 27.3. The van der Waals surface area contributed by atoms with Crippen LogP contribution >= 0.6 is 0 Å². The second-order valence-corrected chi connectivity index (χ2v) is 3.94. The minimum atomic E-state index is -0.490. The average Bonchev–Trinajstić information content (AvgIpc) is 2.17. The predicted octanol–water partition coefficient (Wildman–Crippen LogP) is -0.744. The first-order valence-electron chi connectivity index (χ1n) is 4.29. The number of benzene rings is 1. The number of hydrogen-bond acceptors (Lipinski definition) is 2. The van der Waals surface area contributed by atoms with Crippen molar-refractivity contribution in [3.05, 3.63) is 51.2 Å². The van der Waals surface area contributed by atoms with Crippen molar-refractivity contribution >= 4 is 20.6 Å². The average molecular weight is 267 g/mol. The summed E-state index contributed by atoms with van der Waals surface area (Å²) < 4.78 is 0.516. The Morgan fingerprint density at radius 1 is 1.00 bits per heavy atom. The van der Waals surface area contributed by atoms with Crippen LogP contribution < -0.4 is 15.8 Å². The van der Waals surface area contributed by atoms with E-state index in [0.717, 1.165) is 5.56 Å². The first-order valence-corrected chi connectivity index (χ1v) is 5.23. The zero-order chi connectivity index (χ0) is 10.8. The van der Waals surface area contributed by atoms with Crippen molar-refractivity contribution in [2.75, 3.05) is 0 Å². The van der Waals surface area contributed by atoms with Crippen LogP contribution in [0, 0.1) is 0 Å². The number of hydrogen-bond donors (Lipinski definition) is 2. The fraction of sp³-hybridized carbons (Fsp3) is 0. The van der Waals surface area contributed by atoms with Gasteiger partial charge in [-0.1, -0.05) is 0 Å². The first kappa shape index (κ1) is 9.96. The fourth-order valence-corrected chi connectivity index (χ4v) is 2.04. The van der Waals surface area contributed by atoms with E-state index in [1.807, 2.05) is 30.3 Å². The molecule has 2 rings (SSSR count). The van der Waals surface area contributed by atoms with Gasteiger partial charge >= 0.3 is 92.9 Å². The Morgan fingerprint density at radius 3 is 2.27 bits per heavy atom. The Labute approximate surface area is 93.2 Å². The molecule has 0 aliphatic heterocycles. The Kier molecular flexibility index (Phi) is 2.58. The van der Waals surface area contributed by atoms with Crippen LogP contribution in [0.25, 0.3) is 11.1 Å². The molecular formula is C10H8N2O2Se. The number of aromatic amines is 2. The molecule has 76 valence electrons. The van der Waals surface area contributed by atoms with Gasteiger partial charge in [0.25, 0.3) is 0 Å². The maximum absolute atomic E-state index is 11.6. The summed E-state index contributed by atoms with van der Waals surface area (Å²) in [5.74, 6) is 0. The van der Waals surface area contributed by atoms with E-state index in [1.54, 1.807) is 0 Å². The van der Waals surface area contributed by atoms with E-state index in [-0.39, 0.29) is 5.56 Å². The number of rotatable bonds is 1. The molecule has 2 N–H and O–H groups in total. The Bertz CT molecular complexity index is 586. The summed E-state index contributed by atoms with van der Waals surface area (Å²) in [5, 5.41) is 0. The molecule has 15 heavy (non-hydrogen) atoms. The molecular weight excluding hydrogens is 259 g/mol. The van der Waals surface area contributed by atoms with Crippen LogP contribution in [0.3, 0.4) is 0 Å². The van der Waals surface area contributed by atoms with Gasteiger partial charge in [-0.2, -0.15) is 0 Å². The summed E-state index contributed by atoms with van der Waals surface area (Å²) in [5.41, 5.74) is 0.400. The van der Waals surface area contributed by atoms with Crippen molar-refractivity contribution < 1.29 is 0 Å². The minimum absolute atomic E-state index is 0.374. The van der Waals surface area contributed by atoms with Crippen molar-refractivity contribution in [2.45, 2.75) is 0 Å². The third-order valence-electron chi connectivity index (χ3n) is 1.99. The fourth-order valence-electron chi connectivity index (χ4n) is 1.35. The van der Waals surface area contributed by atoms with Crippen molar-refractivity contribution in [1.29, 1.82) is 0 Å². The van der Waals surface area contributed by atoms with Crippen LogP contribution in [-0.2, 0) is 0 Å². The summed E-state index contributed by atoms with van der Waals surface area (Å²) in [6, 6.07) is 9.19. The van der Waals surface area contributed by atoms with E-state index >= 15 is 0 Å². The van der Waals surface area contributed by atoms with Crippen molar-refractivity contribution in [3.8, 4) is 11.1 Å². The predicted molar refractivity (Wildman–Crippen MR) is 59.9 cm³/mol. The third-order valence-corrected chi connectivity index (χ3v) is 2.69. The molecule has 0 amide bonds. The number of nitrogens with one attached hydrogen (secondary N) is 2. The van der Waals surface area contributed by atoms with Crippen LogP contribution in [0.1, 0.15) is 0 Å². The molecule has 0 radical (unpaired) electrons. The Balaban J connectivity index is 2.75. The molecule has 1 aromatic carbocycles. The van der Waals surface area contributed by atoms with Gasteiger partial charge in [-0.25, -0.2) is 0 Å².